The van der Waals surface area contributed by atoms with Gasteiger partial charge in [0.15, 0.2) is 0 Å². The van der Waals surface area contributed by atoms with Crippen LogP contribution in [-0.2, 0) is 11.3 Å². The highest BCUT2D eigenvalue weighted by atomic mass is 35.5. The van der Waals surface area contributed by atoms with Crippen LogP contribution in [0.25, 0.3) is 0 Å². The van der Waals surface area contributed by atoms with E-state index in [4.69, 9.17) is 11.6 Å². The summed E-state index contributed by atoms with van der Waals surface area (Å²) in [5, 5.41) is 20.6. The van der Waals surface area contributed by atoms with Crippen molar-refractivity contribution in [1.82, 2.24) is 4.90 Å². The molecule has 2 atom stereocenters. The monoisotopic (exact) mass is 311 g/mol. The zero-order valence-electron chi connectivity index (χ0n) is 12.3. The van der Waals surface area contributed by atoms with Gasteiger partial charge in [-0.2, -0.15) is 0 Å². The molecule has 0 bridgehead atoms. The van der Waals surface area contributed by atoms with Crippen LogP contribution < -0.4 is 0 Å². The van der Waals surface area contributed by atoms with Crippen molar-refractivity contribution in [3.8, 4) is 0 Å². The Balaban J connectivity index is 2.06. The minimum atomic E-state index is -0.994. The van der Waals surface area contributed by atoms with E-state index in [9.17, 15) is 15.0 Å². The van der Waals surface area contributed by atoms with E-state index in [1.54, 1.807) is 0 Å². The van der Waals surface area contributed by atoms with Gasteiger partial charge in [0.2, 0.25) is 0 Å². The maximum Gasteiger partial charge on any atom is 0.312 e. The summed E-state index contributed by atoms with van der Waals surface area (Å²) < 4.78 is 0. The van der Waals surface area contributed by atoms with Crippen LogP contribution in [0.4, 0.5) is 0 Å². The SMILES string of the molecule is CCC[C@]1(C(=O)O)CCN(Cc2ccccc2Cl)C[C@@H]1O. The number of piperidine rings is 1. The molecule has 5 heteroatoms. The Labute approximate surface area is 130 Å². The van der Waals surface area contributed by atoms with Crippen molar-refractivity contribution in [1.29, 1.82) is 0 Å². The number of aliphatic carboxylic acids is 1. The molecule has 1 fully saturated rings. The lowest BCUT2D eigenvalue weighted by molar-refractivity contribution is -0.164. The number of aliphatic hydroxyl groups excluding tert-OH is 1. The number of aliphatic hydroxyl groups is 1. The molecule has 2 rings (SSSR count). The van der Waals surface area contributed by atoms with E-state index < -0.39 is 17.5 Å². The molecule has 0 spiro atoms. The van der Waals surface area contributed by atoms with E-state index in [0.717, 1.165) is 12.0 Å². The Morgan fingerprint density at radius 1 is 1.48 bits per heavy atom. The van der Waals surface area contributed by atoms with Gasteiger partial charge in [0.1, 0.15) is 0 Å². The fourth-order valence-electron chi connectivity index (χ4n) is 3.14. The second-order valence-corrected chi connectivity index (χ2v) is 6.21. The maximum absolute atomic E-state index is 11.6. The quantitative estimate of drug-likeness (QED) is 0.878. The number of rotatable bonds is 5. The summed E-state index contributed by atoms with van der Waals surface area (Å²) in [6.45, 7) is 3.62. The van der Waals surface area contributed by atoms with Gasteiger partial charge in [-0.1, -0.05) is 43.1 Å². The van der Waals surface area contributed by atoms with Crippen LogP contribution in [0.15, 0.2) is 24.3 Å². The van der Waals surface area contributed by atoms with Crippen molar-refractivity contribution in [2.24, 2.45) is 5.41 Å². The van der Waals surface area contributed by atoms with E-state index in [1.807, 2.05) is 31.2 Å². The van der Waals surface area contributed by atoms with E-state index in [-0.39, 0.29) is 0 Å². The third-order valence-electron chi connectivity index (χ3n) is 4.42. The first kappa shape index (κ1) is 16.3. The Morgan fingerprint density at radius 3 is 2.76 bits per heavy atom. The molecule has 2 N–H and O–H groups in total. The van der Waals surface area contributed by atoms with Crippen LogP contribution in [0.1, 0.15) is 31.7 Å². The Hall–Kier alpha value is -1.10. The van der Waals surface area contributed by atoms with E-state index in [2.05, 4.69) is 4.90 Å². The molecule has 1 saturated heterocycles. The first-order valence-electron chi connectivity index (χ1n) is 7.37. The molecule has 0 aliphatic carbocycles. The van der Waals surface area contributed by atoms with Gasteiger partial charge in [-0.15, -0.1) is 0 Å². The van der Waals surface area contributed by atoms with Gasteiger partial charge < -0.3 is 10.2 Å². The summed E-state index contributed by atoms with van der Waals surface area (Å²) in [4.78, 5) is 13.7. The predicted molar refractivity (Wildman–Crippen MR) is 82.3 cm³/mol. The number of nitrogens with zero attached hydrogens (tertiary/aromatic N) is 1. The van der Waals surface area contributed by atoms with Gasteiger partial charge in [0.25, 0.3) is 0 Å². The van der Waals surface area contributed by atoms with Crippen LogP contribution in [0.3, 0.4) is 0 Å². The first-order valence-corrected chi connectivity index (χ1v) is 7.74. The van der Waals surface area contributed by atoms with Crippen LogP contribution in [0, 0.1) is 5.41 Å². The predicted octanol–water partition coefficient (Wildman–Crippen LogP) is 2.78. The smallest absolute Gasteiger partial charge is 0.312 e. The molecule has 0 amide bonds. The average molecular weight is 312 g/mol. The largest absolute Gasteiger partial charge is 0.481 e. The lowest BCUT2D eigenvalue weighted by atomic mass is 9.73. The molecule has 1 aliphatic heterocycles. The molecule has 4 nitrogen and oxygen atoms in total. The zero-order chi connectivity index (χ0) is 15.5. The number of carboxylic acids is 1. The van der Waals surface area contributed by atoms with Gasteiger partial charge in [-0.3, -0.25) is 9.69 Å². The molecule has 21 heavy (non-hydrogen) atoms. The second-order valence-electron chi connectivity index (χ2n) is 5.80. The molecule has 1 heterocycles. The number of hydrogen-bond acceptors (Lipinski definition) is 3. The lowest BCUT2D eigenvalue weighted by Crippen LogP contribution is -2.54. The summed E-state index contributed by atoms with van der Waals surface area (Å²) in [6, 6.07) is 7.61. The van der Waals surface area contributed by atoms with E-state index >= 15 is 0 Å². The molecular formula is C16H22ClNO3. The minimum absolute atomic E-state index is 0.373. The minimum Gasteiger partial charge on any atom is -0.481 e. The van der Waals surface area contributed by atoms with Crippen molar-refractivity contribution in [3.05, 3.63) is 34.9 Å². The summed E-state index contributed by atoms with van der Waals surface area (Å²) in [5.41, 5.74) is 0.0100. The highest BCUT2D eigenvalue weighted by Gasteiger charge is 2.47. The van der Waals surface area contributed by atoms with Crippen LogP contribution in [-0.4, -0.2) is 40.3 Å². The van der Waals surface area contributed by atoms with Gasteiger partial charge in [-0.25, -0.2) is 0 Å². The lowest BCUT2D eigenvalue weighted by Gasteiger charge is -2.42. The zero-order valence-corrected chi connectivity index (χ0v) is 13.0. The third kappa shape index (κ3) is 3.39. The molecule has 0 radical (unpaired) electrons. The molecule has 1 aliphatic rings. The second kappa shape index (κ2) is 6.77. The van der Waals surface area contributed by atoms with Crippen molar-refractivity contribution in [2.75, 3.05) is 13.1 Å². The number of likely N-dealkylation sites (tertiary alicyclic amines) is 1. The molecular weight excluding hydrogens is 290 g/mol. The van der Waals surface area contributed by atoms with E-state index in [1.165, 1.54) is 0 Å². The molecule has 1 aromatic rings. The number of carbonyl (C=O) groups is 1. The summed E-state index contributed by atoms with van der Waals surface area (Å²) in [5.74, 6) is -0.880. The van der Waals surface area contributed by atoms with Gasteiger partial charge in [-0.05, 0) is 31.0 Å². The summed E-state index contributed by atoms with van der Waals surface area (Å²) in [6.07, 6.45) is 0.908. The standard InChI is InChI=1S/C16H22ClNO3/c1-2-7-16(15(20)21)8-9-18(11-14(16)19)10-12-5-3-4-6-13(12)17/h3-6,14,19H,2,7-11H2,1H3,(H,20,21)/t14-,16-/m0/s1. The van der Waals surface area contributed by atoms with Gasteiger partial charge in [0.05, 0.1) is 11.5 Å². The van der Waals surface area contributed by atoms with Crippen LogP contribution in [0.2, 0.25) is 5.02 Å². The van der Waals surface area contributed by atoms with Crippen molar-refractivity contribution >= 4 is 17.6 Å². The summed E-state index contributed by atoms with van der Waals surface area (Å²) in [7, 11) is 0. The number of halogens is 1. The fraction of sp³-hybridized carbons (Fsp3) is 0.562. The third-order valence-corrected chi connectivity index (χ3v) is 4.79. The number of benzene rings is 1. The highest BCUT2D eigenvalue weighted by molar-refractivity contribution is 6.31. The molecule has 0 unspecified atom stereocenters. The topological polar surface area (TPSA) is 60.8 Å². The first-order chi connectivity index (χ1) is 9.99. The van der Waals surface area contributed by atoms with Crippen LogP contribution in [0.5, 0.6) is 0 Å². The number of hydrogen-bond donors (Lipinski definition) is 2. The molecule has 1 aromatic carbocycles. The summed E-state index contributed by atoms with van der Waals surface area (Å²) >= 11 is 6.15. The normalized spacial score (nSPS) is 26.7. The van der Waals surface area contributed by atoms with Crippen molar-refractivity contribution in [2.45, 2.75) is 38.8 Å². The number of carboxylic acid groups (broad SMARTS) is 1. The molecule has 0 aromatic heterocycles. The van der Waals surface area contributed by atoms with E-state index in [0.29, 0.717) is 37.5 Å². The Morgan fingerprint density at radius 2 is 2.19 bits per heavy atom. The average Bonchev–Trinajstić information content (AvgIpc) is 2.44. The van der Waals surface area contributed by atoms with Crippen molar-refractivity contribution < 1.29 is 15.0 Å². The van der Waals surface area contributed by atoms with Gasteiger partial charge >= 0.3 is 5.97 Å². The van der Waals surface area contributed by atoms with Crippen LogP contribution >= 0.6 is 11.6 Å². The highest BCUT2D eigenvalue weighted by Crippen LogP contribution is 2.37. The fourth-order valence-corrected chi connectivity index (χ4v) is 3.34. The Kier molecular flexibility index (Phi) is 5.25. The Bertz CT molecular complexity index is 508. The van der Waals surface area contributed by atoms with Crippen molar-refractivity contribution in [3.63, 3.8) is 0 Å². The number of β-amino-alcohol motifs (C(OH)–C–C–N with tert-alkyl or cyclic N) is 1. The van der Waals surface area contributed by atoms with Gasteiger partial charge in [0, 0.05) is 18.1 Å². The molecule has 116 valence electrons. The maximum atomic E-state index is 11.6. The molecule has 0 saturated carbocycles.